The molecule has 2 heterocycles. The van der Waals surface area contributed by atoms with Crippen LogP contribution in [-0.2, 0) is 10.0 Å². The molecule has 0 saturated carbocycles. The fraction of sp³-hybridized carbons (Fsp3) is 0. The Labute approximate surface area is 156 Å². The van der Waals surface area contributed by atoms with Crippen LogP contribution < -0.4 is 5.32 Å². The van der Waals surface area contributed by atoms with Gasteiger partial charge in [-0.15, -0.1) is 0 Å². The number of amides is 1. The van der Waals surface area contributed by atoms with E-state index in [2.05, 4.69) is 10.3 Å². The van der Waals surface area contributed by atoms with Gasteiger partial charge >= 0.3 is 0 Å². The second kappa shape index (κ2) is 6.69. The van der Waals surface area contributed by atoms with Crippen LogP contribution in [0.3, 0.4) is 0 Å². The van der Waals surface area contributed by atoms with Gasteiger partial charge in [0, 0.05) is 11.8 Å². The van der Waals surface area contributed by atoms with Gasteiger partial charge in [-0.3, -0.25) is 4.79 Å². The number of carbonyl (C=O) groups excluding carboxylic acids is 1. The molecule has 2 aromatic heterocycles. The first-order chi connectivity index (χ1) is 13.1. The van der Waals surface area contributed by atoms with Gasteiger partial charge in [0.25, 0.3) is 15.9 Å². The summed E-state index contributed by atoms with van der Waals surface area (Å²) >= 11 is 0. The molecule has 0 bridgehead atoms. The SMILES string of the molecule is O=C(Nc1ccc2c(ccn2S(=O)(=O)c2ccccc2)n1)c1ccccc1. The van der Waals surface area contributed by atoms with E-state index in [4.69, 9.17) is 0 Å². The molecule has 0 aliphatic heterocycles. The van der Waals surface area contributed by atoms with Gasteiger partial charge in [0.2, 0.25) is 0 Å². The number of hydrogen-bond acceptors (Lipinski definition) is 4. The number of rotatable bonds is 4. The molecule has 7 heteroatoms. The normalized spacial score (nSPS) is 11.4. The van der Waals surface area contributed by atoms with Crippen molar-refractivity contribution in [3.63, 3.8) is 0 Å². The number of pyridine rings is 1. The van der Waals surface area contributed by atoms with E-state index < -0.39 is 10.0 Å². The molecule has 4 aromatic rings. The van der Waals surface area contributed by atoms with E-state index in [0.717, 1.165) is 0 Å². The van der Waals surface area contributed by atoms with E-state index in [1.807, 2.05) is 6.07 Å². The predicted octanol–water partition coefficient (Wildman–Crippen LogP) is 3.53. The van der Waals surface area contributed by atoms with E-state index in [0.29, 0.717) is 22.4 Å². The van der Waals surface area contributed by atoms with E-state index in [1.165, 1.54) is 10.2 Å². The summed E-state index contributed by atoms with van der Waals surface area (Å²) in [6.07, 6.45) is 1.46. The minimum Gasteiger partial charge on any atom is -0.307 e. The molecule has 1 N–H and O–H groups in total. The van der Waals surface area contributed by atoms with Crippen LogP contribution in [0.4, 0.5) is 5.82 Å². The lowest BCUT2D eigenvalue weighted by atomic mass is 10.2. The summed E-state index contributed by atoms with van der Waals surface area (Å²) in [6, 6.07) is 21.8. The summed E-state index contributed by atoms with van der Waals surface area (Å²) in [7, 11) is -3.71. The van der Waals surface area contributed by atoms with Crippen LogP contribution in [0.25, 0.3) is 11.0 Å². The van der Waals surface area contributed by atoms with Crippen LogP contribution in [0.15, 0.2) is 90.0 Å². The number of anilines is 1. The molecule has 2 aromatic carbocycles. The summed E-state index contributed by atoms with van der Waals surface area (Å²) in [5.41, 5.74) is 1.43. The van der Waals surface area contributed by atoms with Crippen LogP contribution >= 0.6 is 0 Å². The molecule has 134 valence electrons. The lowest BCUT2D eigenvalue weighted by Crippen LogP contribution is -2.13. The molecule has 0 radical (unpaired) electrons. The van der Waals surface area contributed by atoms with Crippen LogP contribution in [0.5, 0.6) is 0 Å². The maximum Gasteiger partial charge on any atom is 0.268 e. The molecule has 0 aliphatic rings. The molecule has 0 unspecified atom stereocenters. The third kappa shape index (κ3) is 3.20. The molecule has 0 saturated heterocycles. The fourth-order valence-corrected chi connectivity index (χ4v) is 4.12. The quantitative estimate of drug-likeness (QED) is 0.590. The highest BCUT2D eigenvalue weighted by Gasteiger charge is 2.19. The minimum atomic E-state index is -3.71. The topological polar surface area (TPSA) is 81.1 Å². The highest BCUT2D eigenvalue weighted by atomic mass is 32.2. The number of aromatic nitrogens is 2. The van der Waals surface area contributed by atoms with Crippen molar-refractivity contribution in [3.05, 3.63) is 90.6 Å². The largest absolute Gasteiger partial charge is 0.307 e. The molecule has 0 spiro atoms. The Morgan fingerprint density at radius 3 is 2.22 bits per heavy atom. The molecule has 27 heavy (non-hydrogen) atoms. The Morgan fingerprint density at radius 1 is 0.852 bits per heavy atom. The Bertz CT molecular complexity index is 1220. The molecule has 4 rings (SSSR count). The van der Waals surface area contributed by atoms with Gasteiger partial charge in [-0.2, -0.15) is 0 Å². The van der Waals surface area contributed by atoms with E-state index in [9.17, 15) is 13.2 Å². The monoisotopic (exact) mass is 377 g/mol. The highest BCUT2D eigenvalue weighted by Crippen LogP contribution is 2.22. The Hall–Kier alpha value is -3.45. The van der Waals surface area contributed by atoms with Gasteiger partial charge in [-0.25, -0.2) is 17.4 Å². The van der Waals surface area contributed by atoms with Crippen LogP contribution in [0.1, 0.15) is 10.4 Å². The summed E-state index contributed by atoms with van der Waals surface area (Å²) < 4.78 is 26.8. The lowest BCUT2D eigenvalue weighted by Gasteiger charge is -2.08. The number of fused-ring (bicyclic) bond motifs is 1. The van der Waals surface area contributed by atoms with Crippen molar-refractivity contribution in [2.45, 2.75) is 4.90 Å². The molecular formula is C20H15N3O3S. The molecule has 0 atom stereocenters. The first-order valence-corrected chi connectivity index (χ1v) is 9.65. The zero-order valence-electron chi connectivity index (χ0n) is 14.1. The Balaban J connectivity index is 1.67. The van der Waals surface area contributed by atoms with Crippen molar-refractivity contribution < 1.29 is 13.2 Å². The van der Waals surface area contributed by atoms with Gasteiger partial charge in [0.15, 0.2) is 0 Å². The van der Waals surface area contributed by atoms with Crippen LogP contribution in [0.2, 0.25) is 0 Å². The summed E-state index contributed by atoms with van der Waals surface area (Å²) in [4.78, 5) is 16.8. The third-order valence-corrected chi connectivity index (χ3v) is 5.79. The second-order valence-electron chi connectivity index (χ2n) is 5.85. The van der Waals surface area contributed by atoms with Crippen molar-refractivity contribution in [2.75, 3.05) is 5.32 Å². The third-order valence-electron chi connectivity index (χ3n) is 4.09. The molecule has 1 amide bonds. The van der Waals surface area contributed by atoms with Gasteiger partial charge in [0.1, 0.15) is 5.82 Å². The highest BCUT2D eigenvalue weighted by molar-refractivity contribution is 7.90. The number of nitrogens with zero attached hydrogens (tertiary/aromatic N) is 2. The van der Waals surface area contributed by atoms with E-state index in [1.54, 1.807) is 72.8 Å². The van der Waals surface area contributed by atoms with Crippen molar-refractivity contribution >= 4 is 32.8 Å². The van der Waals surface area contributed by atoms with Crippen molar-refractivity contribution in [3.8, 4) is 0 Å². The molecule has 0 fully saturated rings. The van der Waals surface area contributed by atoms with Crippen molar-refractivity contribution in [1.29, 1.82) is 0 Å². The van der Waals surface area contributed by atoms with Gasteiger partial charge in [-0.05, 0) is 42.5 Å². The minimum absolute atomic E-state index is 0.198. The average molecular weight is 377 g/mol. The summed E-state index contributed by atoms with van der Waals surface area (Å²) in [5, 5.41) is 2.72. The average Bonchev–Trinajstić information content (AvgIpc) is 3.13. The number of hydrogen-bond donors (Lipinski definition) is 1. The van der Waals surface area contributed by atoms with Gasteiger partial charge in [0.05, 0.1) is 15.9 Å². The number of benzene rings is 2. The Morgan fingerprint density at radius 2 is 1.52 bits per heavy atom. The van der Waals surface area contributed by atoms with Gasteiger partial charge in [-0.1, -0.05) is 36.4 Å². The standard InChI is InChI=1S/C20H15N3O3S/c24-20(15-7-3-1-4-8-15)22-19-12-11-18-17(21-19)13-14-23(18)27(25,26)16-9-5-2-6-10-16/h1-14H,(H,21,22,24). The van der Waals surface area contributed by atoms with Gasteiger partial charge < -0.3 is 5.32 Å². The maximum absolute atomic E-state index is 12.8. The predicted molar refractivity (Wildman–Crippen MR) is 103 cm³/mol. The zero-order chi connectivity index (χ0) is 18.9. The molecular weight excluding hydrogens is 362 g/mol. The van der Waals surface area contributed by atoms with E-state index in [-0.39, 0.29) is 10.8 Å². The summed E-state index contributed by atoms with van der Waals surface area (Å²) in [5.74, 6) is 0.0741. The van der Waals surface area contributed by atoms with Crippen molar-refractivity contribution in [1.82, 2.24) is 8.96 Å². The first-order valence-electron chi connectivity index (χ1n) is 8.21. The van der Waals surface area contributed by atoms with Crippen LogP contribution in [0, 0.1) is 0 Å². The zero-order valence-corrected chi connectivity index (χ0v) is 14.9. The molecule has 0 aliphatic carbocycles. The lowest BCUT2D eigenvalue weighted by molar-refractivity contribution is 0.102. The number of carbonyl (C=O) groups is 1. The Kier molecular flexibility index (Phi) is 4.21. The number of nitrogens with one attached hydrogen (secondary N) is 1. The first kappa shape index (κ1) is 17.0. The van der Waals surface area contributed by atoms with Crippen LogP contribution in [-0.4, -0.2) is 23.3 Å². The fourth-order valence-electron chi connectivity index (χ4n) is 2.76. The maximum atomic E-state index is 12.8. The van der Waals surface area contributed by atoms with Crippen molar-refractivity contribution in [2.24, 2.45) is 0 Å². The smallest absolute Gasteiger partial charge is 0.268 e. The second-order valence-corrected chi connectivity index (χ2v) is 7.67. The van der Waals surface area contributed by atoms with E-state index >= 15 is 0 Å². The molecule has 6 nitrogen and oxygen atoms in total. The summed E-state index contributed by atoms with van der Waals surface area (Å²) in [6.45, 7) is 0.